The average Bonchev–Trinajstić information content (AvgIpc) is 2.71. The van der Waals surface area contributed by atoms with Crippen molar-refractivity contribution >= 4 is 35.2 Å². The van der Waals surface area contributed by atoms with Gasteiger partial charge in [-0.3, -0.25) is 14.4 Å². The third kappa shape index (κ3) is 5.18. The fourth-order valence-electron chi connectivity index (χ4n) is 2.94. The Morgan fingerprint density at radius 2 is 1.87 bits per heavy atom. The second-order valence-corrected chi connectivity index (χ2v) is 6.64. The molecule has 164 valence electrons. The van der Waals surface area contributed by atoms with E-state index < -0.39 is 29.5 Å². The molecule has 0 bridgehead atoms. The first-order valence-electron chi connectivity index (χ1n) is 8.98. The number of nitrogens with zero attached hydrogens (tertiary/aromatic N) is 4. The predicted molar refractivity (Wildman–Crippen MR) is 104 cm³/mol. The lowest BCUT2D eigenvalue weighted by molar-refractivity contribution is -0.137. The second kappa shape index (κ2) is 8.45. The van der Waals surface area contributed by atoms with Gasteiger partial charge in [0.05, 0.1) is 12.1 Å². The van der Waals surface area contributed by atoms with Crippen molar-refractivity contribution < 1.29 is 27.6 Å². The molecule has 3 amide bonds. The molecule has 2 heterocycles. The number of hydrogen-bond donors (Lipinski definition) is 3. The van der Waals surface area contributed by atoms with E-state index in [4.69, 9.17) is 11.5 Å². The number of aromatic nitrogens is 2. The number of amides is 3. The van der Waals surface area contributed by atoms with Crippen molar-refractivity contribution in [1.29, 1.82) is 0 Å². The Morgan fingerprint density at radius 3 is 2.48 bits per heavy atom. The van der Waals surface area contributed by atoms with Crippen molar-refractivity contribution in [3.05, 3.63) is 41.6 Å². The fourth-order valence-corrected chi connectivity index (χ4v) is 2.94. The minimum absolute atomic E-state index is 0.000289. The highest BCUT2D eigenvalue weighted by Crippen LogP contribution is 2.32. The molecular formula is C18H18F3N7O3. The molecule has 3 rings (SSSR count). The minimum atomic E-state index is -4.53. The summed E-state index contributed by atoms with van der Waals surface area (Å²) < 4.78 is 38.9. The highest BCUT2D eigenvalue weighted by Gasteiger charge is 2.32. The third-order valence-corrected chi connectivity index (χ3v) is 4.40. The van der Waals surface area contributed by atoms with Crippen molar-refractivity contribution in [3.63, 3.8) is 0 Å². The number of carbonyl (C=O) groups excluding carboxylic acids is 3. The number of rotatable bonds is 6. The van der Waals surface area contributed by atoms with Crippen LogP contribution in [0.4, 0.5) is 30.6 Å². The van der Waals surface area contributed by atoms with Crippen LogP contribution >= 0.6 is 0 Å². The number of hydrogen-bond acceptors (Lipinski definition) is 7. The molecule has 2 aromatic rings. The SMILES string of the molecule is NC(=O)CNc1cc(C(N)=O)nc(N2CCN(c3cccc(C(F)(F)F)c3)C(=O)C2)n1. The van der Waals surface area contributed by atoms with Gasteiger partial charge in [0.15, 0.2) is 0 Å². The molecule has 13 heteroatoms. The lowest BCUT2D eigenvalue weighted by atomic mass is 10.1. The van der Waals surface area contributed by atoms with Crippen LogP contribution in [0.1, 0.15) is 16.1 Å². The summed E-state index contributed by atoms with van der Waals surface area (Å²) in [5.74, 6) is -1.89. The normalized spacial score (nSPS) is 14.5. The van der Waals surface area contributed by atoms with E-state index in [-0.39, 0.29) is 49.3 Å². The lowest BCUT2D eigenvalue weighted by Gasteiger charge is -2.34. The molecule has 0 aliphatic carbocycles. The Balaban J connectivity index is 1.81. The van der Waals surface area contributed by atoms with Gasteiger partial charge in [-0.05, 0) is 18.2 Å². The van der Waals surface area contributed by atoms with Gasteiger partial charge in [0.25, 0.3) is 5.91 Å². The smallest absolute Gasteiger partial charge is 0.368 e. The zero-order valence-electron chi connectivity index (χ0n) is 16.0. The topological polar surface area (TPSA) is 148 Å². The Hall–Kier alpha value is -3.90. The predicted octanol–water partition coefficient (Wildman–Crippen LogP) is 0.345. The standard InChI is InChI=1S/C18H18F3N7O3/c19-18(20,21)10-2-1-3-11(6-10)28-5-4-27(9-15(28)30)17-25-12(16(23)31)7-14(26-17)24-8-13(22)29/h1-3,6-7H,4-5,8-9H2,(H2,22,29)(H2,23,31)(H,24,25,26). The first-order chi connectivity index (χ1) is 14.5. The molecule has 1 aliphatic rings. The summed E-state index contributed by atoms with van der Waals surface area (Å²) in [5.41, 5.74) is 9.47. The van der Waals surface area contributed by atoms with Crippen molar-refractivity contribution in [1.82, 2.24) is 9.97 Å². The first-order valence-corrected chi connectivity index (χ1v) is 8.98. The second-order valence-electron chi connectivity index (χ2n) is 6.64. The van der Waals surface area contributed by atoms with Crippen LogP contribution in [0.25, 0.3) is 0 Å². The summed E-state index contributed by atoms with van der Waals surface area (Å²) in [6.07, 6.45) is -4.53. The van der Waals surface area contributed by atoms with E-state index in [1.807, 2.05) is 0 Å². The van der Waals surface area contributed by atoms with Crippen LogP contribution in [0, 0.1) is 0 Å². The molecule has 5 N–H and O–H groups in total. The third-order valence-electron chi connectivity index (χ3n) is 4.40. The Bertz CT molecular complexity index is 1030. The first kappa shape index (κ1) is 21.8. The molecule has 0 spiro atoms. The number of halogens is 3. The summed E-state index contributed by atoms with van der Waals surface area (Å²) >= 11 is 0. The number of nitrogens with one attached hydrogen (secondary N) is 1. The minimum Gasteiger partial charge on any atom is -0.368 e. The Kier molecular flexibility index (Phi) is 5.95. The van der Waals surface area contributed by atoms with Crippen LogP contribution in [0.2, 0.25) is 0 Å². The van der Waals surface area contributed by atoms with Gasteiger partial charge in [0.2, 0.25) is 17.8 Å². The summed E-state index contributed by atoms with van der Waals surface area (Å²) in [5, 5.41) is 2.62. The van der Waals surface area contributed by atoms with Crippen LogP contribution in [0.5, 0.6) is 0 Å². The maximum absolute atomic E-state index is 13.0. The number of carbonyl (C=O) groups is 3. The van der Waals surface area contributed by atoms with Crippen LogP contribution in [0.3, 0.4) is 0 Å². The van der Waals surface area contributed by atoms with E-state index in [2.05, 4.69) is 15.3 Å². The molecular weight excluding hydrogens is 419 g/mol. The van der Waals surface area contributed by atoms with Gasteiger partial charge < -0.3 is 26.6 Å². The number of nitrogens with two attached hydrogens (primary N) is 2. The van der Waals surface area contributed by atoms with Crippen LogP contribution in [-0.2, 0) is 15.8 Å². The van der Waals surface area contributed by atoms with E-state index in [1.165, 1.54) is 28.0 Å². The van der Waals surface area contributed by atoms with Gasteiger partial charge >= 0.3 is 6.18 Å². The van der Waals surface area contributed by atoms with Gasteiger partial charge in [-0.2, -0.15) is 18.2 Å². The largest absolute Gasteiger partial charge is 0.416 e. The maximum atomic E-state index is 13.0. The summed E-state index contributed by atoms with van der Waals surface area (Å²) in [4.78, 5) is 46.0. The summed E-state index contributed by atoms with van der Waals surface area (Å²) in [6.45, 7) is -0.252. The van der Waals surface area contributed by atoms with E-state index in [9.17, 15) is 27.6 Å². The monoisotopic (exact) mass is 437 g/mol. The van der Waals surface area contributed by atoms with Crippen molar-refractivity contribution in [2.45, 2.75) is 6.18 Å². The molecule has 1 aromatic heterocycles. The van der Waals surface area contributed by atoms with Crippen LogP contribution in [-0.4, -0.2) is 53.9 Å². The Labute approximate surface area is 174 Å². The summed E-state index contributed by atoms with van der Waals surface area (Å²) in [7, 11) is 0. The van der Waals surface area contributed by atoms with Crippen LogP contribution in [0.15, 0.2) is 30.3 Å². The number of anilines is 3. The van der Waals surface area contributed by atoms with E-state index >= 15 is 0 Å². The lowest BCUT2D eigenvalue weighted by Crippen LogP contribution is -2.51. The molecule has 1 fully saturated rings. The van der Waals surface area contributed by atoms with Crippen molar-refractivity contribution in [2.24, 2.45) is 11.5 Å². The average molecular weight is 437 g/mol. The van der Waals surface area contributed by atoms with E-state index in [0.717, 1.165) is 12.1 Å². The number of benzene rings is 1. The molecule has 0 unspecified atom stereocenters. The van der Waals surface area contributed by atoms with Gasteiger partial charge in [-0.1, -0.05) is 6.07 Å². The molecule has 1 saturated heterocycles. The van der Waals surface area contributed by atoms with E-state index in [0.29, 0.717) is 0 Å². The number of primary amides is 2. The molecule has 1 aliphatic heterocycles. The van der Waals surface area contributed by atoms with E-state index in [1.54, 1.807) is 0 Å². The highest BCUT2D eigenvalue weighted by molar-refractivity contribution is 5.98. The quantitative estimate of drug-likeness (QED) is 0.590. The molecule has 0 radical (unpaired) electrons. The van der Waals surface area contributed by atoms with Crippen molar-refractivity contribution in [2.75, 3.05) is 41.3 Å². The number of piperazine rings is 1. The molecule has 10 nitrogen and oxygen atoms in total. The zero-order valence-corrected chi connectivity index (χ0v) is 16.0. The molecule has 31 heavy (non-hydrogen) atoms. The molecule has 0 atom stereocenters. The van der Waals surface area contributed by atoms with Crippen LogP contribution < -0.4 is 26.6 Å². The maximum Gasteiger partial charge on any atom is 0.416 e. The van der Waals surface area contributed by atoms with Gasteiger partial charge in [-0.15, -0.1) is 0 Å². The Morgan fingerprint density at radius 1 is 1.13 bits per heavy atom. The van der Waals surface area contributed by atoms with Gasteiger partial charge in [0.1, 0.15) is 18.1 Å². The zero-order chi connectivity index (χ0) is 22.8. The fraction of sp³-hybridized carbons (Fsp3) is 0.278. The molecule has 0 saturated carbocycles. The highest BCUT2D eigenvalue weighted by atomic mass is 19.4. The van der Waals surface area contributed by atoms with Gasteiger partial charge in [-0.25, -0.2) is 4.98 Å². The summed E-state index contributed by atoms with van der Waals surface area (Å²) in [6, 6.07) is 5.71. The molecule has 1 aromatic carbocycles. The van der Waals surface area contributed by atoms with Crippen molar-refractivity contribution in [3.8, 4) is 0 Å². The van der Waals surface area contributed by atoms with Gasteiger partial charge in [0, 0.05) is 24.8 Å². The number of alkyl halides is 3.